The maximum absolute atomic E-state index is 13.4. The summed E-state index contributed by atoms with van der Waals surface area (Å²) in [5.74, 6) is 6.20. The first-order chi connectivity index (χ1) is 21.1. The molecule has 0 saturated heterocycles. The second-order valence-corrected chi connectivity index (χ2v) is 11.1. The summed E-state index contributed by atoms with van der Waals surface area (Å²) in [6, 6.07) is 7.79. The van der Waals surface area contributed by atoms with Crippen LogP contribution in [0.15, 0.2) is 100 Å². The van der Waals surface area contributed by atoms with Gasteiger partial charge in [0, 0.05) is 35.8 Å². The highest BCUT2D eigenvalue weighted by atomic mass is 16.7. The lowest BCUT2D eigenvalue weighted by molar-refractivity contribution is -0.131. The van der Waals surface area contributed by atoms with Crippen LogP contribution in [0.2, 0.25) is 0 Å². The molecule has 240 valence electrons. The van der Waals surface area contributed by atoms with Crippen molar-refractivity contribution in [3.05, 3.63) is 111 Å². The molecular weight excluding hydrogens is 548 g/mol. The summed E-state index contributed by atoms with van der Waals surface area (Å²) in [7, 11) is 0. The fourth-order valence-corrected chi connectivity index (χ4v) is 3.93. The number of nitrogens with zero attached hydrogens (tertiary/aromatic N) is 2. The molecule has 2 rings (SSSR count). The second kappa shape index (κ2) is 22.4. The van der Waals surface area contributed by atoms with E-state index < -0.39 is 0 Å². The third kappa shape index (κ3) is 15.9. The van der Waals surface area contributed by atoms with Gasteiger partial charge in [0.25, 0.3) is 0 Å². The molecule has 1 amide bonds. The largest absolute Gasteiger partial charge is 0.508 e. The van der Waals surface area contributed by atoms with Gasteiger partial charge in [0.2, 0.25) is 11.7 Å². The molecule has 6 heteroatoms. The average molecular weight is 603 g/mol. The number of aliphatic hydroxyl groups is 1. The van der Waals surface area contributed by atoms with Gasteiger partial charge in [-0.25, -0.2) is 0 Å². The Morgan fingerprint density at radius 3 is 2.34 bits per heavy atom. The maximum atomic E-state index is 13.4. The van der Waals surface area contributed by atoms with E-state index in [9.17, 15) is 14.8 Å². The van der Waals surface area contributed by atoms with Crippen molar-refractivity contribution in [2.45, 2.75) is 108 Å². The molecule has 0 aromatic heterocycles. The van der Waals surface area contributed by atoms with E-state index in [4.69, 9.17) is 4.84 Å². The lowest BCUT2D eigenvalue weighted by Gasteiger charge is -2.28. The van der Waals surface area contributed by atoms with Crippen molar-refractivity contribution < 1.29 is 14.7 Å². The minimum Gasteiger partial charge on any atom is -0.508 e. The predicted octanol–water partition coefficient (Wildman–Crippen LogP) is 10.8. The Labute approximate surface area is 266 Å². The summed E-state index contributed by atoms with van der Waals surface area (Å²) in [5, 5.41) is 12.6. The zero-order valence-corrected chi connectivity index (χ0v) is 28.7. The molecule has 0 radical (unpaired) electrons. The quantitative estimate of drug-likeness (QED) is 0.118. The molecule has 1 aliphatic rings. The van der Waals surface area contributed by atoms with Crippen LogP contribution in [0.3, 0.4) is 0 Å². The smallest absolute Gasteiger partial charge is 0.227 e. The van der Waals surface area contributed by atoms with E-state index in [-0.39, 0.29) is 29.3 Å². The molecule has 0 aliphatic heterocycles. The van der Waals surface area contributed by atoms with Crippen molar-refractivity contribution in [1.82, 2.24) is 4.90 Å². The van der Waals surface area contributed by atoms with Gasteiger partial charge in [-0.15, -0.1) is 4.91 Å². The number of hydrogen-bond donors (Lipinski definition) is 1. The molecule has 44 heavy (non-hydrogen) atoms. The van der Waals surface area contributed by atoms with E-state index in [0.29, 0.717) is 18.7 Å². The first-order valence-electron chi connectivity index (χ1n) is 15.8. The molecule has 1 N–H and O–H groups in total. The number of rotatable bonds is 11. The van der Waals surface area contributed by atoms with Crippen LogP contribution in [-0.4, -0.2) is 15.9 Å². The summed E-state index contributed by atoms with van der Waals surface area (Å²) in [6.07, 6.45) is 17.0. The van der Waals surface area contributed by atoms with Gasteiger partial charge in [0.15, 0.2) is 5.34 Å². The Balaban J connectivity index is 0.00000443. The van der Waals surface area contributed by atoms with Crippen LogP contribution in [0.5, 0.6) is 0 Å². The molecule has 0 unspecified atom stereocenters. The first-order valence-corrected chi connectivity index (χ1v) is 15.8. The molecule has 0 spiro atoms. The minimum atomic E-state index is -0.229. The lowest BCUT2D eigenvalue weighted by Crippen LogP contribution is -2.32. The molecule has 0 saturated carbocycles. The van der Waals surface area contributed by atoms with Crippen molar-refractivity contribution in [2.75, 3.05) is 0 Å². The molecule has 6 nitrogen and oxygen atoms in total. The van der Waals surface area contributed by atoms with Crippen LogP contribution in [-0.2, 0) is 16.2 Å². The number of benzene rings is 1. The van der Waals surface area contributed by atoms with Crippen molar-refractivity contribution in [1.29, 1.82) is 0 Å². The van der Waals surface area contributed by atoms with Crippen LogP contribution in [0, 0.1) is 22.2 Å². The molecule has 1 aromatic carbocycles. The van der Waals surface area contributed by atoms with Gasteiger partial charge >= 0.3 is 0 Å². The third-order valence-electron chi connectivity index (χ3n) is 6.06. The van der Waals surface area contributed by atoms with Gasteiger partial charge in [-0.05, 0) is 62.0 Å². The maximum Gasteiger partial charge on any atom is 0.227 e. The van der Waals surface area contributed by atoms with Crippen molar-refractivity contribution >= 4 is 5.91 Å². The molecule has 0 heterocycles. The van der Waals surface area contributed by atoms with E-state index in [1.54, 1.807) is 17.1 Å². The highest BCUT2D eigenvalue weighted by molar-refractivity contribution is 5.79. The number of carbonyl (C=O) groups is 1. The van der Waals surface area contributed by atoms with Gasteiger partial charge in [0.1, 0.15) is 5.76 Å². The standard InChI is InChI=1S/C34H42N2O4.2C2H6/c1-7-9-12-26(3)15-16-27(11-8-2)17-18-28-19-21-29(22-20-28)25-36(33(38)24-34(4,5)6)30-13-10-14-31(37)32(23-30)40-35-39;2*1-2/h8,10-11,13,15-16,19-23,37H,7,9,12,14,24-25H2,1-6H3;2*1-2H3/b11-8-,26-15+,27-16+;;. The lowest BCUT2D eigenvalue weighted by atomic mass is 9.91. The number of allylic oxidation sites excluding steroid dienone is 9. The van der Waals surface area contributed by atoms with Gasteiger partial charge in [-0.2, -0.15) is 0 Å². The Kier molecular flexibility index (Phi) is 20.3. The number of unbranched alkanes of at least 4 members (excludes halogenated alkanes) is 1. The molecule has 1 aromatic rings. The predicted molar refractivity (Wildman–Crippen MR) is 185 cm³/mol. The van der Waals surface area contributed by atoms with Gasteiger partial charge in [-0.3, -0.25) is 4.79 Å². The first kappa shape index (κ1) is 39.9. The van der Waals surface area contributed by atoms with E-state index >= 15 is 0 Å². The number of amides is 1. The minimum absolute atomic E-state index is 0.0745. The molecule has 0 bridgehead atoms. The number of hydrogen-bond acceptors (Lipinski definition) is 5. The molecule has 1 aliphatic carbocycles. The molecule has 0 fully saturated rings. The van der Waals surface area contributed by atoms with Gasteiger partial charge < -0.3 is 14.8 Å². The second-order valence-electron chi connectivity index (χ2n) is 11.1. The van der Waals surface area contributed by atoms with Crippen LogP contribution in [0.1, 0.15) is 112 Å². The van der Waals surface area contributed by atoms with Crippen molar-refractivity contribution in [2.24, 2.45) is 10.8 Å². The Hall–Kier alpha value is -4.11. The summed E-state index contributed by atoms with van der Waals surface area (Å²) in [5.41, 5.74) is 4.33. The molecular formula is C38H54N2O4. The zero-order valence-electron chi connectivity index (χ0n) is 28.7. The third-order valence-corrected chi connectivity index (χ3v) is 6.06. The van der Waals surface area contributed by atoms with Crippen LogP contribution in [0.25, 0.3) is 0 Å². The monoisotopic (exact) mass is 602 g/mol. The summed E-state index contributed by atoms with van der Waals surface area (Å²) in [6.45, 7) is 20.6. The topological polar surface area (TPSA) is 79.2 Å². The van der Waals surface area contributed by atoms with Crippen LogP contribution < -0.4 is 0 Å². The van der Waals surface area contributed by atoms with E-state index in [1.165, 1.54) is 24.5 Å². The van der Waals surface area contributed by atoms with Gasteiger partial charge in [0.05, 0.1) is 6.54 Å². The summed E-state index contributed by atoms with van der Waals surface area (Å²) < 4.78 is 0. The number of carbonyl (C=O) groups excluding carboxylic acids is 1. The van der Waals surface area contributed by atoms with Crippen LogP contribution in [0.4, 0.5) is 0 Å². The summed E-state index contributed by atoms with van der Waals surface area (Å²) >= 11 is 0. The highest BCUT2D eigenvalue weighted by Gasteiger charge is 2.25. The SMILES string of the molecule is CC.CC.C\C=C/C(C#Cc1ccc(CN(C(=O)CC(C)(C)C)C2=CC(ON=O)=C(O)CC=C2)cc1)=C\C=C(/C)CCCC. The fraction of sp³-hybridized carbons (Fsp3) is 0.447. The Morgan fingerprint density at radius 1 is 1.11 bits per heavy atom. The van der Waals surface area contributed by atoms with Crippen molar-refractivity contribution in [3.63, 3.8) is 0 Å². The van der Waals surface area contributed by atoms with E-state index in [1.807, 2.05) is 91.8 Å². The van der Waals surface area contributed by atoms with E-state index in [2.05, 4.69) is 43.2 Å². The van der Waals surface area contributed by atoms with Crippen LogP contribution >= 0.6 is 0 Å². The van der Waals surface area contributed by atoms with Gasteiger partial charge in [-0.1, -0.05) is 116 Å². The average Bonchev–Trinajstić information content (AvgIpc) is 3.18. The highest BCUT2D eigenvalue weighted by Crippen LogP contribution is 2.26. The number of aliphatic hydroxyl groups excluding tert-OH is 1. The van der Waals surface area contributed by atoms with Crippen molar-refractivity contribution in [3.8, 4) is 11.8 Å². The Morgan fingerprint density at radius 2 is 1.77 bits per heavy atom. The van der Waals surface area contributed by atoms with E-state index in [0.717, 1.165) is 23.1 Å². The zero-order chi connectivity index (χ0) is 33.5. The molecule has 0 atom stereocenters. The summed E-state index contributed by atoms with van der Waals surface area (Å²) in [4.78, 5) is 30.5. The normalized spacial score (nSPS) is 13.4. The Bertz CT molecular complexity index is 1270. The fourth-order valence-electron chi connectivity index (χ4n) is 3.93.